The molecule has 0 radical (unpaired) electrons. The molecule has 1 aromatic carbocycles. The number of piperidine rings is 1. The number of fused-ring (bicyclic) bond motifs is 1. The van der Waals surface area contributed by atoms with Crippen LogP contribution < -0.4 is 5.32 Å². The van der Waals surface area contributed by atoms with Crippen LogP contribution in [0, 0.1) is 12.7 Å². The summed E-state index contributed by atoms with van der Waals surface area (Å²) in [5, 5.41) is 12.3. The Labute approximate surface area is 161 Å². The molecule has 1 fully saturated rings. The summed E-state index contributed by atoms with van der Waals surface area (Å²) in [6.07, 6.45) is 4.81. The molecule has 5 rings (SSSR count). The third-order valence-electron chi connectivity index (χ3n) is 5.67. The highest BCUT2D eigenvalue weighted by atomic mass is 19.1. The fourth-order valence-electron chi connectivity index (χ4n) is 4.20. The van der Waals surface area contributed by atoms with Crippen LogP contribution in [0.25, 0.3) is 22.2 Å². The third kappa shape index (κ3) is 2.62. The number of halogens is 1. The van der Waals surface area contributed by atoms with Gasteiger partial charge >= 0.3 is 0 Å². The first-order chi connectivity index (χ1) is 13.7. The largest absolute Gasteiger partial charge is 0.425 e. The average molecular weight is 377 g/mol. The number of aromatic amines is 1. The molecule has 0 spiro atoms. The fraction of sp³-hybridized carbons (Fsp3) is 0.286. The van der Waals surface area contributed by atoms with Crippen molar-refractivity contribution in [2.45, 2.75) is 25.2 Å². The van der Waals surface area contributed by atoms with Crippen molar-refractivity contribution in [2.75, 3.05) is 13.1 Å². The summed E-state index contributed by atoms with van der Waals surface area (Å²) in [7, 11) is 0. The average Bonchev–Trinajstić information content (AvgIpc) is 3.35. The van der Waals surface area contributed by atoms with Crippen LogP contribution in [-0.4, -0.2) is 33.3 Å². The van der Waals surface area contributed by atoms with Gasteiger partial charge in [0.1, 0.15) is 5.65 Å². The van der Waals surface area contributed by atoms with E-state index in [9.17, 15) is 4.39 Å². The van der Waals surface area contributed by atoms with Crippen LogP contribution in [0.15, 0.2) is 47.1 Å². The van der Waals surface area contributed by atoms with Gasteiger partial charge in [-0.25, -0.2) is 9.37 Å². The zero-order valence-electron chi connectivity index (χ0n) is 15.5. The van der Waals surface area contributed by atoms with E-state index in [0.717, 1.165) is 42.6 Å². The molecule has 7 heteroatoms. The Kier molecular flexibility index (Phi) is 3.98. The van der Waals surface area contributed by atoms with E-state index in [0.29, 0.717) is 22.8 Å². The first-order valence-electron chi connectivity index (χ1n) is 9.41. The Bertz CT molecular complexity index is 1130. The summed E-state index contributed by atoms with van der Waals surface area (Å²) in [5.41, 5.74) is 3.16. The monoisotopic (exact) mass is 377 g/mol. The number of nitrogens with one attached hydrogen (secondary N) is 2. The minimum absolute atomic E-state index is 0.293. The highest BCUT2D eigenvalue weighted by molar-refractivity contribution is 5.93. The van der Waals surface area contributed by atoms with Crippen molar-refractivity contribution in [3.05, 3.63) is 65.9 Å². The molecule has 2 N–H and O–H groups in total. The number of pyridine rings is 1. The van der Waals surface area contributed by atoms with Crippen molar-refractivity contribution in [3.8, 4) is 11.1 Å². The van der Waals surface area contributed by atoms with Gasteiger partial charge in [0.25, 0.3) is 0 Å². The topological polar surface area (TPSA) is 79.6 Å². The summed E-state index contributed by atoms with van der Waals surface area (Å²) in [5.74, 6) is 0.951. The van der Waals surface area contributed by atoms with Crippen LogP contribution in [0.4, 0.5) is 4.39 Å². The van der Waals surface area contributed by atoms with Gasteiger partial charge in [0.15, 0.2) is 5.82 Å². The standard InChI is InChI=1S/C21H20FN5O/c1-13-26-27-20(28-13)21(7-10-23-11-8-21)15-4-2-14(3-5-15)16-6-9-24-19-18(16)17(22)12-25-19/h2-6,9,12,23H,7-8,10-11H2,1H3,(H,24,25). The van der Waals surface area contributed by atoms with Gasteiger partial charge in [-0.1, -0.05) is 24.3 Å². The molecule has 0 atom stereocenters. The zero-order chi connectivity index (χ0) is 19.1. The second kappa shape index (κ2) is 6.53. The lowest BCUT2D eigenvalue weighted by molar-refractivity contribution is 0.287. The van der Waals surface area contributed by atoms with Crippen molar-refractivity contribution < 1.29 is 8.81 Å². The smallest absolute Gasteiger partial charge is 0.227 e. The molecule has 4 aromatic rings. The van der Waals surface area contributed by atoms with E-state index in [1.165, 1.54) is 6.20 Å². The predicted octanol–water partition coefficient (Wildman–Crippen LogP) is 3.73. The molecule has 0 bridgehead atoms. The SMILES string of the molecule is Cc1nnc(C2(c3ccc(-c4ccnc5[nH]cc(F)c45)cc3)CCNCC2)o1. The van der Waals surface area contributed by atoms with Crippen molar-refractivity contribution in [3.63, 3.8) is 0 Å². The maximum atomic E-state index is 14.2. The molecular formula is C21H20FN5O. The molecule has 4 heterocycles. The van der Waals surface area contributed by atoms with Gasteiger partial charge in [0.05, 0.1) is 10.8 Å². The van der Waals surface area contributed by atoms with Crippen LogP contribution in [-0.2, 0) is 5.41 Å². The Hall–Kier alpha value is -3.06. The third-order valence-corrected chi connectivity index (χ3v) is 5.67. The van der Waals surface area contributed by atoms with Crippen LogP contribution in [0.5, 0.6) is 0 Å². The molecule has 1 aliphatic heterocycles. The normalized spacial score (nSPS) is 16.5. The van der Waals surface area contributed by atoms with Gasteiger partial charge in [0, 0.05) is 19.3 Å². The number of aryl methyl sites for hydroxylation is 1. The Morgan fingerprint density at radius 1 is 1.07 bits per heavy atom. The summed E-state index contributed by atoms with van der Waals surface area (Å²) in [4.78, 5) is 7.07. The molecule has 0 amide bonds. The van der Waals surface area contributed by atoms with Gasteiger partial charge in [-0.3, -0.25) is 0 Å². The van der Waals surface area contributed by atoms with Gasteiger partial charge in [0.2, 0.25) is 11.8 Å². The van der Waals surface area contributed by atoms with E-state index in [-0.39, 0.29) is 11.2 Å². The van der Waals surface area contributed by atoms with Gasteiger partial charge < -0.3 is 14.7 Å². The summed E-state index contributed by atoms with van der Waals surface area (Å²) in [6, 6.07) is 10.1. The maximum absolute atomic E-state index is 14.2. The summed E-state index contributed by atoms with van der Waals surface area (Å²) in [6.45, 7) is 3.60. The highest BCUT2D eigenvalue weighted by Gasteiger charge is 2.40. The van der Waals surface area contributed by atoms with Crippen LogP contribution in [0.1, 0.15) is 30.2 Å². The Morgan fingerprint density at radius 3 is 2.57 bits per heavy atom. The molecular weight excluding hydrogens is 357 g/mol. The lowest BCUT2D eigenvalue weighted by atomic mass is 9.72. The molecule has 6 nitrogen and oxygen atoms in total. The molecule has 0 aliphatic carbocycles. The summed E-state index contributed by atoms with van der Waals surface area (Å²) < 4.78 is 20.1. The molecule has 0 unspecified atom stereocenters. The van der Waals surface area contributed by atoms with Crippen LogP contribution in [0.2, 0.25) is 0 Å². The number of aromatic nitrogens is 4. The van der Waals surface area contributed by atoms with Gasteiger partial charge in [-0.05, 0) is 48.7 Å². The molecule has 0 saturated carbocycles. The molecule has 1 saturated heterocycles. The van der Waals surface area contributed by atoms with Crippen LogP contribution in [0.3, 0.4) is 0 Å². The lowest BCUT2D eigenvalue weighted by Gasteiger charge is -2.35. The second-order valence-electron chi connectivity index (χ2n) is 7.25. The van der Waals surface area contributed by atoms with Crippen molar-refractivity contribution in [1.82, 2.24) is 25.5 Å². The van der Waals surface area contributed by atoms with E-state index in [4.69, 9.17) is 4.42 Å². The number of hydrogen-bond donors (Lipinski definition) is 2. The number of hydrogen-bond acceptors (Lipinski definition) is 5. The van der Waals surface area contributed by atoms with Crippen molar-refractivity contribution >= 4 is 11.0 Å². The second-order valence-corrected chi connectivity index (χ2v) is 7.25. The van der Waals surface area contributed by atoms with Gasteiger partial charge in [-0.2, -0.15) is 0 Å². The molecule has 28 heavy (non-hydrogen) atoms. The first kappa shape index (κ1) is 17.1. The number of rotatable bonds is 3. The quantitative estimate of drug-likeness (QED) is 0.569. The first-order valence-corrected chi connectivity index (χ1v) is 9.41. The van der Waals surface area contributed by atoms with E-state index >= 15 is 0 Å². The molecule has 3 aromatic heterocycles. The summed E-state index contributed by atoms with van der Waals surface area (Å²) >= 11 is 0. The van der Waals surface area contributed by atoms with E-state index in [1.807, 2.05) is 25.1 Å². The molecule has 142 valence electrons. The van der Waals surface area contributed by atoms with Crippen molar-refractivity contribution in [1.29, 1.82) is 0 Å². The Balaban J connectivity index is 1.59. The lowest BCUT2D eigenvalue weighted by Crippen LogP contribution is -2.41. The Morgan fingerprint density at radius 2 is 1.86 bits per heavy atom. The minimum atomic E-state index is -0.294. The number of H-pyrrole nitrogens is 1. The predicted molar refractivity (Wildman–Crippen MR) is 103 cm³/mol. The number of benzene rings is 1. The van der Waals surface area contributed by atoms with Crippen LogP contribution >= 0.6 is 0 Å². The number of nitrogens with zero attached hydrogens (tertiary/aromatic N) is 3. The van der Waals surface area contributed by atoms with Crippen molar-refractivity contribution in [2.24, 2.45) is 0 Å². The highest BCUT2D eigenvalue weighted by Crippen LogP contribution is 2.40. The van der Waals surface area contributed by atoms with E-state index in [1.54, 1.807) is 6.20 Å². The van der Waals surface area contributed by atoms with E-state index in [2.05, 4.69) is 37.6 Å². The molecule has 1 aliphatic rings. The maximum Gasteiger partial charge on any atom is 0.227 e. The van der Waals surface area contributed by atoms with Gasteiger partial charge in [-0.15, -0.1) is 10.2 Å². The van der Waals surface area contributed by atoms with E-state index < -0.39 is 0 Å². The zero-order valence-corrected chi connectivity index (χ0v) is 15.5. The minimum Gasteiger partial charge on any atom is -0.425 e. The fourth-order valence-corrected chi connectivity index (χ4v) is 4.20.